The Hall–Kier alpha value is -1.84. The van der Waals surface area contributed by atoms with Crippen molar-refractivity contribution in [3.8, 4) is 5.75 Å². The van der Waals surface area contributed by atoms with Crippen molar-refractivity contribution in [2.75, 3.05) is 6.61 Å². The molecule has 4 heteroatoms. The number of aldehydes is 1. The van der Waals surface area contributed by atoms with E-state index in [0.29, 0.717) is 18.6 Å². The molecule has 4 nitrogen and oxygen atoms in total. The summed E-state index contributed by atoms with van der Waals surface area (Å²) in [5, 5.41) is 8.38. The number of rotatable bonds is 6. The van der Waals surface area contributed by atoms with Crippen molar-refractivity contribution in [3.05, 3.63) is 29.8 Å². The van der Waals surface area contributed by atoms with E-state index in [4.69, 9.17) is 9.84 Å². The zero-order valence-electron chi connectivity index (χ0n) is 8.18. The molecule has 15 heavy (non-hydrogen) atoms. The van der Waals surface area contributed by atoms with Crippen LogP contribution < -0.4 is 4.74 Å². The van der Waals surface area contributed by atoms with Crippen LogP contribution in [0.15, 0.2) is 24.3 Å². The Morgan fingerprint density at radius 3 is 2.53 bits per heavy atom. The van der Waals surface area contributed by atoms with Gasteiger partial charge in [-0.05, 0) is 24.1 Å². The van der Waals surface area contributed by atoms with Gasteiger partial charge in [-0.3, -0.25) is 0 Å². The van der Waals surface area contributed by atoms with Crippen LogP contribution in [0.4, 0.5) is 0 Å². The molecular weight excluding hydrogens is 196 g/mol. The van der Waals surface area contributed by atoms with Crippen molar-refractivity contribution >= 4 is 12.3 Å². The Morgan fingerprint density at radius 1 is 1.33 bits per heavy atom. The maximum atomic E-state index is 10.2. The molecule has 1 N–H and O–H groups in total. The highest BCUT2D eigenvalue weighted by Crippen LogP contribution is 2.12. The molecule has 0 saturated heterocycles. The Bertz CT molecular complexity index is 329. The summed E-state index contributed by atoms with van der Waals surface area (Å²) in [4.78, 5) is 20.3. The van der Waals surface area contributed by atoms with E-state index in [9.17, 15) is 9.59 Å². The molecule has 0 bridgehead atoms. The SMILES string of the molecule is O=CCCc1ccc(OCC(=O)O)cc1. The fourth-order valence-corrected chi connectivity index (χ4v) is 1.12. The van der Waals surface area contributed by atoms with Crippen LogP contribution in [0, 0.1) is 0 Å². The number of benzene rings is 1. The quantitative estimate of drug-likeness (QED) is 0.715. The van der Waals surface area contributed by atoms with E-state index in [1.807, 2.05) is 12.1 Å². The second-order valence-corrected chi connectivity index (χ2v) is 3.03. The number of carbonyl (C=O) groups excluding carboxylic acids is 1. The van der Waals surface area contributed by atoms with Crippen LogP contribution in [0.2, 0.25) is 0 Å². The Balaban J connectivity index is 2.48. The maximum Gasteiger partial charge on any atom is 0.341 e. The van der Waals surface area contributed by atoms with Gasteiger partial charge in [0.15, 0.2) is 6.61 Å². The second-order valence-electron chi connectivity index (χ2n) is 3.03. The van der Waals surface area contributed by atoms with E-state index in [-0.39, 0.29) is 6.61 Å². The van der Waals surface area contributed by atoms with Crippen LogP contribution in [-0.4, -0.2) is 24.0 Å². The van der Waals surface area contributed by atoms with Crippen molar-refractivity contribution in [2.45, 2.75) is 12.8 Å². The highest BCUT2D eigenvalue weighted by Gasteiger charge is 1.99. The zero-order chi connectivity index (χ0) is 11.1. The highest BCUT2D eigenvalue weighted by atomic mass is 16.5. The molecule has 0 atom stereocenters. The molecule has 0 aliphatic heterocycles. The summed E-state index contributed by atoms with van der Waals surface area (Å²) in [5.41, 5.74) is 1.03. The van der Waals surface area contributed by atoms with Gasteiger partial charge in [-0.1, -0.05) is 12.1 Å². The summed E-state index contributed by atoms with van der Waals surface area (Å²) in [6.07, 6.45) is 2.06. The minimum Gasteiger partial charge on any atom is -0.482 e. The number of carboxylic acids is 1. The molecule has 80 valence electrons. The summed E-state index contributed by atoms with van der Waals surface area (Å²) >= 11 is 0. The molecule has 0 fully saturated rings. The normalized spacial score (nSPS) is 9.60. The molecule has 0 aliphatic carbocycles. The maximum absolute atomic E-state index is 10.2. The van der Waals surface area contributed by atoms with E-state index >= 15 is 0 Å². The van der Waals surface area contributed by atoms with Crippen LogP contribution in [0.1, 0.15) is 12.0 Å². The smallest absolute Gasteiger partial charge is 0.341 e. The third kappa shape index (κ3) is 4.26. The number of hydrogen-bond acceptors (Lipinski definition) is 3. The van der Waals surface area contributed by atoms with Crippen molar-refractivity contribution in [3.63, 3.8) is 0 Å². The average Bonchev–Trinajstić information content (AvgIpc) is 2.25. The van der Waals surface area contributed by atoms with E-state index < -0.39 is 5.97 Å². The molecule has 1 aromatic carbocycles. The third-order valence-electron chi connectivity index (χ3n) is 1.84. The van der Waals surface area contributed by atoms with Crippen LogP contribution in [0.5, 0.6) is 5.75 Å². The third-order valence-corrected chi connectivity index (χ3v) is 1.84. The lowest BCUT2D eigenvalue weighted by Gasteiger charge is -2.03. The lowest BCUT2D eigenvalue weighted by molar-refractivity contribution is -0.139. The van der Waals surface area contributed by atoms with Crippen molar-refractivity contribution < 1.29 is 19.4 Å². The van der Waals surface area contributed by atoms with Gasteiger partial charge in [-0.25, -0.2) is 4.79 Å². The van der Waals surface area contributed by atoms with E-state index in [2.05, 4.69) is 0 Å². The first-order chi connectivity index (χ1) is 7.22. The minimum atomic E-state index is -1.000. The summed E-state index contributed by atoms with van der Waals surface area (Å²) in [6, 6.07) is 7.04. The predicted molar refractivity (Wildman–Crippen MR) is 54.0 cm³/mol. The van der Waals surface area contributed by atoms with Crippen LogP contribution in [-0.2, 0) is 16.0 Å². The summed E-state index contributed by atoms with van der Waals surface area (Å²) in [7, 11) is 0. The van der Waals surface area contributed by atoms with E-state index in [1.54, 1.807) is 12.1 Å². The van der Waals surface area contributed by atoms with Gasteiger partial charge >= 0.3 is 5.97 Å². The lowest BCUT2D eigenvalue weighted by atomic mass is 10.1. The van der Waals surface area contributed by atoms with Gasteiger partial charge in [0.05, 0.1) is 0 Å². The average molecular weight is 208 g/mol. The van der Waals surface area contributed by atoms with Gasteiger partial charge < -0.3 is 14.6 Å². The molecular formula is C11H12O4. The molecule has 0 heterocycles. The van der Waals surface area contributed by atoms with Gasteiger partial charge in [0.25, 0.3) is 0 Å². The van der Waals surface area contributed by atoms with Crippen LogP contribution in [0.25, 0.3) is 0 Å². The van der Waals surface area contributed by atoms with Crippen molar-refractivity contribution in [2.24, 2.45) is 0 Å². The fraction of sp³-hybridized carbons (Fsp3) is 0.273. The van der Waals surface area contributed by atoms with Gasteiger partial charge in [0, 0.05) is 6.42 Å². The van der Waals surface area contributed by atoms with Gasteiger partial charge in [-0.2, -0.15) is 0 Å². The first-order valence-corrected chi connectivity index (χ1v) is 4.59. The molecule has 1 aromatic rings. The minimum absolute atomic E-state index is 0.340. The Morgan fingerprint density at radius 2 is 2.00 bits per heavy atom. The molecule has 0 spiro atoms. The highest BCUT2D eigenvalue weighted by molar-refractivity contribution is 5.68. The Kier molecular flexibility index (Phi) is 4.34. The summed E-state index contributed by atoms with van der Waals surface area (Å²) < 4.78 is 4.96. The Labute approximate surface area is 87.5 Å². The van der Waals surface area contributed by atoms with Crippen LogP contribution >= 0.6 is 0 Å². The van der Waals surface area contributed by atoms with E-state index in [1.165, 1.54) is 0 Å². The molecule has 0 radical (unpaired) electrons. The van der Waals surface area contributed by atoms with Crippen molar-refractivity contribution in [1.29, 1.82) is 0 Å². The summed E-state index contributed by atoms with van der Waals surface area (Å²) in [6.45, 7) is -0.340. The standard InChI is InChI=1S/C11H12O4/c12-7-1-2-9-3-5-10(6-4-9)15-8-11(13)14/h3-7H,1-2,8H2,(H,13,14). The monoisotopic (exact) mass is 208 g/mol. The van der Waals surface area contributed by atoms with Gasteiger partial charge in [0.2, 0.25) is 0 Å². The number of ether oxygens (including phenoxy) is 1. The molecule has 0 saturated carbocycles. The molecule has 0 aromatic heterocycles. The number of hydrogen-bond donors (Lipinski definition) is 1. The lowest BCUT2D eigenvalue weighted by Crippen LogP contribution is -2.09. The number of aliphatic carboxylic acids is 1. The summed E-state index contributed by atoms with van der Waals surface area (Å²) in [5.74, 6) is -0.479. The topological polar surface area (TPSA) is 63.6 Å². The molecule has 0 amide bonds. The number of carboxylic acid groups (broad SMARTS) is 1. The molecule has 0 aliphatic rings. The first-order valence-electron chi connectivity index (χ1n) is 4.59. The van der Waals surface area contributed by atoms with Gasteiger partial charge in [-0.15, -0.1) is 0 Å². The van der Waals surface area contributed by atoms with Gasteiger partial charge in [0.1, 0.15) is 12.0 Å². The zero-order valence-corrected chi connectivity index (χ0v) is 8.18. The molecule has 0 unspecified atom stereocenters. The fourth-order valence-electron chi connectivity index (χ4n) is 1.12. The number of carbonyl (C=O) groups is 2. The number of aryl methyl sites for hydroxylation is 1. The van der Waals surface area contributed by atoms with Crippen molar-refractivity contribution in [1.82, 2.24) is 0 Å². The van der Waals surface area contributed by atoms with E-state index in [0.717, 1.165) is 11.8 Å². The first kappa shape index (κ1) is 11.2. The van der Waals surface area contributed by atoms with Crippen LogP contribution in [0.3, 0.4) is 0 Å². The second kappa shape index (κ2) is 5.80. The predicted octanol–water partition coefficient (Wildman–Crippen LogP) is 1.28. The molecule has 1 rings (SSSR count). The largest absolute Gasteiger partial charge is 0.482 e.